The van der Waals surface area contributed by atoms with Gasteiger partial charge in [-0.05, 0) is 68.3 Å². The van der Waals surface area contributed by atoms with Crippen LogP contribution in [0.3, 0.4) is 0 Å². The van der Waals surface area contributed by atoms with Crippen molar-refractivity contribution in [2.24, 2.45) is 5.92 Å². The Morgan fingerprint density at radius 3 is 3.35 bits per heavy atom. The SMILES string of the molecule is [2H]C([2H])([2H])Oc1ccc2c(c1)[C@]13CCCCC1[C@@]([2H])(N(C([2H])([2H])[2H])CC3)C2([2H])[2H]. The molecule has 2 fully saturated rings. The van der Waals surface area contributed by atoms with Gasteiger partial charge in [0.1, 0.15) is 5.75 Å². The Hall–Kier alpha value is -1.02. The molecule has 1 saturated heterocycles. The minimum absolute atomic E-state index is 0.0970. The summed E-state index contributed by atoms with van der Waals surface area (Å²) in [6, 6.07) is 2.58. The van der Waals surface area contributed by atoms with E-state index in [1.807, 2.05) is 0 Å². The molecule has 1 aliphatic heterocycles. The van der Waals surface area contributed by atoms with Crippen LogP contribution in [0.15, 0.2) is 18.2 Å². The van der Waals surface area contributed by atoms with E-state index in [4.69, 9.17) is 15.7 Å². The fourth-order valence-corrected chi connectivity index (χ4v) is 4.41. The zero-order valence-electron chi connectivity index (χ0n) is 20.4. The summed E-state index contributed by atoms with van der Waals surface area (Å²) in [4.78, 5) is 1.07. The van der Waals surface area contributed by atoms with Crippen molar-refractivity contribution in [3.63, 3.8) is 0 Å². The van der Waals surface area contributed by atoms with E-state index in [0.29, 0.717) is 18.4 Å². The second kappa shape index (κ2) is 4.49. The van der Waals surface area contributed by atoms with Gasteiger partial charge in [0.2, 0.25) is 0 Å². The Morgan fingerprint density at radius 2 is 2.45 bits per heavy atom. The van der Waals surface area contributed by atoms with Gasteiger partial charge in [-0.15, -0.1) is 0 Å². The van der Waals surface area contributed by atoms with Crippen LogP contribution in [0.1, 0.15) is 55.6 Å². The highest BCUT2D eigenvalue weighted by atomic mass is 16.5. The van der Waals surface area contributed by atoms with Crippen LogP contribution in [-0.2, 0) is 11.8 Å². The maximum atomic E-state index is 9.28. The summed E-state index contributed by atoms with van der Waals surface area (Å²) in [6.07, 6.45) is 1.29. The molecule has 1 unspecified atom stereocenters. The number of benzene rings is 1. The van der Waals surface area contributed by atoms with Crippen molar-refractivity contribution in [3.05, 3.63) is 29.3 Å². The molecule has 3 aliphatic rings. The highest BCUT2D eigenvalue weighted by Gasteiger charge is 2.53. The van der Waals surface area contributed by atoms with Crippen LogP contribution in [-0.4, -0.2) is 31.5 Å². The second-order valence-corrected chi connectivity index (χ2v) is 6.18. The number of methoxy groups -OCH3 is 1. The molecule has 108 valence electrons. The van der Waals surface area contributed by atoms with Crippen LogP contribution in [0.2, 0.25) is 0 Å². The average molecular weight is 280 g/mol. The standard InChI is InChI=1S/C18H25NO/c1-19-10-9-18-8-4-3-5-15(18)17(19)11-13-6-7-14(20-2)12-16(13)18/h6-7,12,15,17H,3-5,8-11H2,1-2H3/t15?,17-,18-/m0/s1/i1D3,2D3,11D2,17D. The lowest BCUT2D eigenvalue weighted by Crippen LogP contribution is -2.59. The maximum Gasteiger partial charge on any atom is 0.119 e. The van der Waals surface area contributed by atoms with Gasteiger partial charge in [-0.3, -0.25) is 0 Å². The van der Waals surface area contributed by atoms with Crippen LogP contribution in [0.25, 0.3) is 0 Å². The molecule has 2 aliphatic carbocycles. The smallest absolute Gasteiger partial charge is 0.119 e. The van der Waals surface area contributed by atoms with E-state index in [9.17, 15) is 1.37 Å². The lowest BCUT2D eigenvalue weighted by molar-refractivity contribution is 0.00274. The van der Waals surface area contributed by atoms with E-state index >= 15 is 0 Å². The van der Waals surface area contributed by atoms with Crippen molar-refractivity contribution in [1.29, 1.82) is 0 Å². The molecule has 0 radical (unpaired) electrons. The van der Waals surface area contributed by atoms with E-state index in [1.165, 1.54) is 12.1 Å². The lowest BCUT2D eigenvalue weighted by Gasteiger charge is -2.58. The molecule has 0 amide bonds. The van der Waals surface area contributed by atoms with E-state index in [1.54, 1.807) is 6.07 Å². The molecule has 20 heavy (non-hydrogen) atoms. The number of likely N-dealkylation sites (tertiary alicyclic amines) is 1. The van der Waals surface area contributed by atoms with Crippen LogP contribution in [0.5, 0.6) is 5.75 Å². The van der Waals surface area contributed by atoms with Gasteiger partial charge in [-0.1, -0.05) is 18.9 Å². The summed E-state index contributed by atoms with van der Waals surface area (Å²) in [7, 11) is -2.62. The Balaban J connectivity index is 1.95. The number of ether oxygens (including phenoxy) is 1. The lowest BCUT2D eigenvalue weighted by atomic mass is 9.52. The molecular formula is C18H25NO. The van der Waals surface area contributed by atoms with Crippen LogP contribution in [0.4, 0.5) is 0 Å². The number of fused-ring (bicyclic) bond motifs is 1. The van der Waals surface area contributed by atoms with Gasteiger partial charge in [-0.2, -0.15) is 0 Å². The topological polar surface area (TPSA) is 12.5 Å². The minimum atomic E-state index is -2.62. The van der Waals surface area contributed by atoms with E-state index in [2.05, 4.69) is 0 Å². The van der Waals surface area contributed by atoms with E-state index < -0.39 is 37.7 Å². The highest BCUT2D eigenvalue weighted by molar-refractivity contribution is 5.45. The number of hydrogen-bond donors (Lipinski definition) is 0. The van der Waals surface area contributed by atoms with Crippen molar-refractivity contribution in [1.82, 2.24) is 4.90 Å². The summed E-state index contributed by atoms with van der Waals surface area (Å²) in [5, 5.41) is 0. The van der Waals surface area contributed by atoms with Crippen molar-refractivity contribution < 1.29 is 17.1 Å². The van der Waals surface area contributed by atoms with E-state index in [-0.39, 0.29) is 17.9 Å². The summed E-state index contributed by atoms with van der Waals surface area (Å²) >= 11 is 0. The number of rotatable bonds is 1. The van der Waals surface area contributed by atoms with Crippen molar-refractivity contribution in [2.75, 3.05) is 20.6 Å². The summed E-state index contributed by atoms with van der Waals surface area (Å²) in [6.45, 7) is -2.47. The summed E-state index contributed by atoms with van der Waals surface area (Å²) in [5.41, 5.74) is 0.413. The third-order valence-corrected chi connectivity index (χ3v) is 5.34. The van der Waals surface area contributed by atoms with Gasteiger partial charge in [0.15, 0.2) is 0 Å². The Bertz CT molecular complexity index is 821. The molecular weight excluding hydrogens is 246 g/mol. The van der Waals surface area contributed by atoms with Gasteiger partial charge < -0.3 is 9.64 Å². The highest BCUT2D eigenvalue weighted by Crippen LogP contribution is 2.55. The summed E-state index contributed by atoms with van der Waals surface area (Å²) < 4.78 is 78.2. The predicted molar refractivity (Wildman–Crippen MR) is 81.4 cm³/mol. The predicted octanol–water partition coefficient (Wildman–Crippen LogP) is 3.38. The molecule has 1 heterocycles. The normalized spacial score (nSPS) is 50.2. The molecule has 2 heteroatoms. The average Bonchev–Trinajstić information content (AvgIpc) is 2.58. The molecule has 0 spiro atoms. The molecule has 1 saturated carbocycles. The van der Waals surface area contributed by atoms with Gasteiger partial charge in [0.25, 0.3) is 0 Å². The number of likely N-dealkylation sites (N-methyl/N-ethyl adjacent to an activating group) is 1. The largest absolute Gasteiger partial charge is 0.497 e. The van der Waals surface area contributed by atoms with Crippen molar-refractivity contribution in [3.8, 4) is 5.75 Å². The van der Waals surface area contributed by atoms with E-state index in [0.717, 1.165) is 24.2 Å². The molecule has 4 rings (SSSR count). The number of piperidine rings is 1. The first kappa shape index (κ1) is 6.39. The molecule has 1 aromatic rings. The van der Waals surface area contributed by atoms with Gasteiger partial charge in [0.05, 0.1) is 11.2 Å². The van der Waals surface area contributed by atoms with Crippen molar-refractivity contribution in [2.45, 2.75) is 49.9 Å². The molecule has 1 aromatic carbocycles. The minimum Gasteiger partial charge on any atom is -0.497 e. The zero-order chi connectivity index (χ0) is 21.5. The second-order valence-electron chi connectivity index (χ2n) is 6.18. The first-order valence-electron chi connectivity index (χ1n) is 11.9. The van der Waals surface area contributed by atoms with Crippen LogP contribution >= 0.6 is 0 Å². The molecule has 2 nitrogen and oxygen atoms in total. The van der Waals surface area contributed by atoms with Crippen LogP contribution < -0.4 is 4.74 Å². The first-order valence-corrected chi connectivity index (χ1v) is 7.35. The van der Waals surface area contributed by atoms with Gasteiger partial charge in [0, 0.05) is 19.7 Å². The molecule has 3 atom stereocenters. The zero-order valence-corrected chi connectivity index (χ0v) is 11.4. The Labute approximate surface area is 134 Å². The van der Waals surface area contributed by atoms with Crippen LogP contribution in [0, 0.1) is 5.92 Å². The van der Waals surface area contributed by atoms with Gasteiger partial charge >= 0.3 is 0 Å². The Morgan fingerprint density at radius 1 is 1.45 bits per heavy atom. The fourth-order valence-electron chi connectivity index (χ4n) is 4.41. The Kier molecular flexibility index (Phi) is 1.44. The first-order chi connectivity index (χ1) is 13.2. The third kappa shape index (κ3) is 1.60. The number of nitrogens with zero attached hydrogens (tertiary/aromatic N) is 1. The quantitative estimate of drug-likeness (QED) is 0.782. The molecule has 0 aromatic heterocycles. The summed E-state index contributed by atoms with van der Waals surface area (Å²) in [5.74, 6) is -0.350. The monoisotopic (exact) mass is 280 g/mol. The number of hydrogen-bond acceptors (Lipinski definition) is 2. The fraction of sp³-hybridized carbons (Fsp3) is 0.667. The third-order valence-electron chi connectivity index (χ3n) is 5.34. The molecule has 2 bridgehead atoms. The molecule has 0 N–H and O–H groups in total. The van der Waals surface area contributed by atoms with Gasteiger partial charge in [-0.25, -0.2) is 0 Å². The van der Waals surface area contributed by atoms with Crippen molar-refractivity contribution >= 4 is 0 Å². The maximum absolute atomic E-state index is 9.28.